The van der Waals surface area contributed by atoms with Crippen molar-refractivity contribution in [2.75, 3.05) is 26.4 Å². The van der Waals surface area contributed by atoms with Crippen LogP contribution >= 0.6 is 0 Å². The van der Waals surface area contributed by atoms with Gasteiger partial charge in [-0.2, -0.15) is 0 Å². The van der Waals surface area contributed by atoms with E-state index in [2.05, 4.69) is 24.3 Å². The van der Waals surface area contributed by atoms with E-state index >= 15 is 0 Å². The summed E-state index contributed by atoms with van der Waals surface area (Å²) in [5.41, 5.74) is 2.40. The van der Waals surface area contributed by atoms with Crippen molar-refractivity contribution in [2.24, 2.45) is 0 Å². The van der Waals surface area contributed by atoms with Crippen molar-refractivity contribution in [1.82, 2.24) is 0 Å². The van der Waals surface area contributed by atoms with Gasteiger partial charge in [-0.3, -0.25) is 0 Å². The molecule has 26 heavy (non-hydrogen) atoms. The highest BCUT2D eigenvalue weighted by Gasteiger charge is 2.39. The molecule has 0 aliphatic heterocycles. The summed E-state index contributed by atoms with van der Waals surface area (Å²) in [4.78, 5) is 0. The molecule has 2 aromatic rings. The SMILES string of the molecule is CCO[Si](CCCOc1ccc(-c2ccccc2)cc1)(OCC)OCC. The highest BCUT2D eigenvalue weighted by molar-refractivity contribution is 6.60. The maximum absolute atomic E-state index is 5.88. The Hall–Kier alpha value is -1.66. The molecule has 4 nitrogen and oxygen atoms in total. The molecule has 0 unspecified atom stereocenters. The van der Waals surface area contributed by atoms with Gasteiger partial charge in [0.2, 0.25) is 0 Å². The summed E-state index contributed by atoms with van der Waals surface area (Å²) >= 11 is 0. The van der Waals surface area contributed by atoms with Gasteiger partial charge in [0.1, 0.15) is 5.75 Å². The van der Waals surface area contributed by atoms with E-state index in [1.54, 1.807) is 0 Å². The summed E-state index contributed by atoms with van der Waals surface area (Å²) in [5.74, 6) is 0.876. The third-order valence-electron chi connectivity index (χ3n) is 3.95. The van der Waals surface area contributed by atoms with E-state index in [4.69, 9.17) is 18.0 Å². The summed E-state index contributed by atoms with van der Waals surface area (Å²) in [6, 6.07) is 19.3. The quantitative estimate of drug-likeness (QED) is 0.379. The molecule has 142 valence electrons. The zero-order valence-electron chi connectivity index (χ0n) is 16.1. The Balaban J connectivity index is 1.84. The predicted molar refractivity (Wildman–Crippen MR) is 107 cm³/mol. The molecule has 0 radical (unpaired) electrons. The first-order valence-electron chi connectivity index (χ1n) is 9.43. The number of ether oxygens (including phenoxy) is 1. The second kappa shape index (κ2) is 11.1. The fraction of sp³-hybridized carbons (Fsp3) is 0.429. The van der Waals surface area contributed by atoms with Crippen molar-refractivity contribution < 1.29 is 18.0 Å². The maximum atomic E-state index is 5.88. The normalized spacial score (nSPS) is 11.5. The highest BCUT2D eigenvalue weighted by Crippen LogP contribution is 2.23. The van der Waals surface area contributed by atoms with Crippen LogP contribution in [0.1, 0.15) is 27.2 Å². The Morgan fingerprint density at radius 1 is 0.692 bits per heavy atom. The molecular weight excluding hydrogens is 344 g/mol. The molecule has 0 fully saturated rings. The molecule has 0 bridgehead atoms. The summed E-state index contributed by atoms with van der Waals surface area (Å²) in [5, 5.41) is 0. The highest BCUT2D eigenvalue weighted by atomic mass is 28.4. The van der Waals surface area contributed by atoms with Gasteiger partial charge in [0, 0.05) is 25.9 Å². The van der Waals surface area contributed by atoms with Crippen LogP contribution in [0.2, 0.25) is 6.04 Å². The van der Waals surface area contributed by atoms with Crippen molar-refractivity contribution in [3.63, 3.8) is 0 Å². The Morgan fingerprint density at radius 2 is 1.23 bits per heavy atom. The van der Waals surface area contributed by atoms with Gasteiger partial charge in [-0.1, -0.05) is 42.5 Å². The van der Waals surface area contributed by atoms with Crippen molar-refractivity contribution in [1.29, 1.82) is 0 Å². The Morgan fingerprint density at radius 3 is 1.77 bits per heavy atom. The van der Waals surface area contributed by atoms with Gasteiger partial charge in [-0.25, -0.2) is 0 Å². The summed E-state index contributed by atoms with van der Waals surface area (Å²) in [6.45, 7) is 8.36. The van der Waals surface area contributed by atoms with Crippen molar-refractivity contribution in [3.05, 3.63) is 54.6 Å². The smallest absolute Gasteiger partial charge is 0.494 e. The molecule has 0 amide bonds. The molecule has 0 heterocycles. The number of hydrogen-bond donors (Lipinski definition) is 0. The molecule has 2 aromatic carbocycles. The summed E-state index contributed by atoms with van der Waals surface area (Å²) < 4.78 is 23.5. The molecule has 0 saturated heterocycles. The third kappa shape index (κ3) is 6.25. The molecule has 0 aromatic heterocycles. The van der Waals surface area contributed by atoms with Crippen molar-refractivity contribution in [2.45, 2.75) is 33.2 Å². The van der Waals surface area contributed by atoms with E-state index < -0.39 is 8.80 Å². The molecule has 0 saturated carbocycles. The third-order valence-corrected chi connectivity index (χ3v) is 7.10. The van der Waals surface area contributed by atoms with Crippen LogP contribution < -0.4 is 4.74 Å². The Labute approximate surface area is 158 Å². The van der Waals surface area contributed by atoms with E-state index in [1.165, 1.54) is 11.1 Å². The predicted octanol–water partition coefficient (Wildman–Crippen LogP) is 5.17. The number of hydrogen-bond acceptors (Lipinski definition) is 4. The van der Waals surface area contributed by atoms with Gasteiger partial charge in [0.25, 0.3) is 0 Å². The lowest BCUT2D eigenvalue weighted by atomic mass is 10.1. The van der Waals surface area contributed by atoms with Gasteiger partial charge < -0.3 is 18.0 Å². The molecule has 5 heteroatoms. The molecule has 0 aliphatic carbocycles. The van der Waals surface area contributed by atoms with Crippen molar-refractivity contribution >= 4 is 8.80 Å². The lowest BCUT2D eigenvalue weighted by Gasteiger charge is -2.28. The van der Waals surface area contributed by atoms with E-state index in [0.29, 0.717) is 26.4 Å². The first-order valence-corrected chi connectivity index (χ1v) is 11.4. The van der Waals surface area contributed by atoms with Crippen LogP contribution in [0.4, 0.5) is 0 Å². The molecular formula is C21H30O4Si. The second-order valence-corrected chi connectivity index (χ2v) is 8.56. The van der Waals surface area contributed by atoms with Gasteiger partial charge in [-0.15, -0.1) is 0 Å². The van der Waals surface area contributed by atoms with Crippen LogP contribution in [-0.4, -0.2) is 35.2 Å². The zero-order chi connectivity index (χ0) is 18.7. The maximum Gasteiger partial charge on any atom is 0.501 e. The Bertz CT molecular complexity index is 599. The van der Waals surface area contributed by atoms with Gasteiger partial charge in [0.05, 0.1) is 6.61 Å². The van der Waals surface area contributed by atoms with Crippen LogP contribution in [0.5, 0.6) is 5.75 Å². The first-order chi connectivity index (χ1) is 12.7. The van der Waals surface area contributed by atoms with Gasteiger partial charge >= 0.3 is 8.80 Å². The van der Waals surface area contributed by atoms with Gasteiger partial charge in [-0.05, 0) is 50.5 Å². The minimum Gasteiger partial charge on any atom is -0.494 e. The van der Waals surface area contributed by atoms with E-state index in [-0.39, 0.29) is 0 Å². The molecule has 0 atom stereocenters. The largest absolute Gasteiger partial charge is 0.501 e. The van der Waals surface area contributed by atoms with Gasteiger partial charge in [0.15, 0.2) is 0 Å². The fourth-order valence-electron chi connectivity index (χ4n) is 2.85. The van der Waals surface area contributed by atoms with Crippen molar-refractivity contribution in [3.8, 4) is 16.9 Å². The van der Waals surface area contributed by atoms with E-state index in [9.17, 15) is 0 Å². The first kappa shape index (κ1) is 20.6. The van der Waals surface area contributed by atoms with Crippen LogP contribution in [0.3, 0.4) is 0 Å². The average Bonchev–Trinajstić information content (AvgIpc) is 2.67. The van der Waals surface area contributed by atoms with Crippen LogP contribution in [-0.2, 0) is 13.3 Å². The van der Waals surface area contributed by atoms with Crippen LogP contribution in [0.15, 0.2) is 54.6 Å². The Kier molecular flexibility index (Phi) is 8.84. The van der Waals surface area contributed by atoms with E-state index in [1.807, 2.05) is 51.1 Å². The van der Waals surface area contributed by atoms with Crippen LogP contribution in [0, 0.1) is 0 Å². The average molecular weight is 375 g/mol. The van der Waals surface area contributed by atoms with E-state index in [0.717, 1.165) is 18.2 Å². The lowest BCUT2D eigenvalue weighted by molar-refractivity contribution is 0.0696. The summed E-state index contributed by atoms with van der Waals surface area (Å²) in [6.07, 6.45) is 0.840. The zero-order valence-corrected chi connectivity index (χ0v) is 17.1. The number of rotatable bonds is 12. The molecule has 0 aliphatic rings. The minimum atomic E-state index is -2.57. The minimum absolute atomic E-state index is 0.605. The number of benzene rings is 2. The fourth-order valence-corrected chi connectivity index (χ4v) is 5.43. The standard InChI is InChI=1S/C21H30O4Si/c1-4-23-26(24-5-2,25-6-3)18-10-17-22-21-15-13-20(14-16-21)19-11-8-7-9-12-19/h7-9,11-16H,4-6,10,17-18H2,1-3H3. The summed E-state index contributed by atoms with van der Waals surface area (Å²) in [7, 11) is -2.57. The molecule has 0 spiro atoms. The molecule has 0 N–H and O–H groups in total. The second-order valence-electron chi connectivity index (χ2n) is 5.82. The monoisotopic (exact) mass is 374 g/mol. The molecule has 2 rings (SSSR count). The van der Waals surface area contributed by atoms with Crippen LogP contribution in [0.25, 0.3) is 11.1 Å². The lowest BCUT2D eigenvalue weighted by Crippen LogP contribution is -2.46. The topological polar surface area (TPSA) is 36.9 Å².